The first-order chi connectivity index (χ1) is 7.75. The molecule has 7 nitrogen and oxygen atoms in total. The van der Waals surface area contributed by atoms with E-state index < -0.39 is 5.97 Å². The van der Waals surface area contributed by atoms with E-state index in [2.05, 4.69) is 15.2 Å². The zero-order chi connectivity index (χ0) is 11.1. The molecule has 3 rings (SSSR count). The van der Waals surface area contributed by atoms with Crippen molar-refractivity contribution in [2.45, 2.75) is 6.54 Å². The monoisotopic (exact) mass is 217 g/mol. The molecule has 3 heterocycles. The van der Waals surface area contributed by atoms with Gasteiger partial charge in [-0.3, -0.25) is 4.57 Å². The molecule has 1 N–H and O–H groups in total. The van der Waals surface area contributed by atoms with Crippen LogP contribution in [0.4, 0.5) is 0 Å². The third kappa shape index (κ3) is 1.14. The highest BCUT2D eigenvalue weighted by Gasteiger charge is 2.19. The molecular formula is C9H7N5O2. The first-order valence-corrected chi connectivity index (χ1v) is 4.60. The SMILES string of the molecule is O=C(O)C1=Cc2nncn2Cc2cncn21. The summed E-state index contributed by atoms with van der Waals surface area (Å²) in [6, 6.07) is 0. The van der Waals surface area contributed by atoms with Crippen LogP contribution >= 0.6 is 0 Å². The Bertz CT molecular complexity index is 595. The van der Waals surface area contributed by atoms with Crippen LogP contribution in [0.1, 0.15) is 11.5 Å². The van der Waals surface area contributed by atoms with Crippen LogP contribution in [0.25, 0.3) is 11.8 Å². The van der Waals surface area contributed by atoms with E-state index in [9.17, 15) is 4.79 Å². The summed E-state index contributed by atoms with van der Waals surface area (Å²) in [4.78, 5) is 15.1. The number of imidazole rings is 1. The van der Waals surface area contributed by atoms with Gasteiger partial charge in [-0.2, -0.15) is 0 Å². The van der Waals surface area contributed by atoms with Crippen LogP contribution < -0.4 is 0 Å². The fourth-order valence-corrected chi connectivity index (χ4v) is 1.68. The fourth-order valence-electron chi connectivity index (χ4n) is 1.68. The van der Waals surface area contributed by atoms with Gasteiger partial charge in [-0.15, -0.1) is 10.2 Å². The second-order valence-electron chi connectivity index (χ2n) is 3.41. The van der Waals surface area contributed by atoms with Crippen molar-refractivity contribution in [2.75, 3.05) is 0 Å². The minimum Gasteiger partial charge on any atom is -0.477 e. The maximum Gasteiger partial charge on any atom is 0.353 e. The molecule has 2 aromatic heterocycles. The molecule has 0 saturated carbocycles. The molecule has 0 unspecified atom stereocenters. The molecule has 1 aliphatic rings. The summed E-state index contributed by atoms with van der Waals surface area (Å²) in [7, 11) is 0. The highest BCUT2D eigenvalue weighted by atomic mass is 16.4. The summed E-state index contributed by atoms with van der Waals surface area (Å²) < 4.78 is 3.31. The van der Waals surface area contributed by atoms with Gasteiger partial charge >= 0.3 is 5.97 Å². The maximum atomic E-state index is 11.1. The fraction of sp³-hybridized carbons (Fsp3) is 0.111. The van der Waals surface area contributed by atoms with Crippen LogP contribution in [0.15, 0.2) is 18.9 Å². The lowest BCUT2D eigenvalue weighted by Gasteiger charge is -2.04. The highest BCUT2D eigenvalue weighted by molar-refractivity contribution is 6.14. The van der Waals surface area contributed by atoms with Crippen LogP contribution in [-0.4, -0.2) is 35.4 Å². The van der Waals surface area contributed by atoms with Crippen molar-refractivity contribution in [1.29, 1.82) is 0 Å². The summed E-state index contributed by atoms with van der Waals surface area (Å²) in [6.45, 7) is 0.510. The van der Waals surface area contributed by atoms with Crippen LogP contribution in [0.5, 0.6) is 0 Å². The third-order valence-electron chi connectivity index (χ3n) is 2.44. The largest absolute Gasteiger partial charge is 0.477 e. The Morgan fingerprint density at radius 2 is 2.31 bits per heavy atom. The van der Waals surface area contributed by atoms with E-state index in [1.807, 2.05) is 0 Å². The molecule has 0 fully saturated rings. The maximum absolute atomic E-state index is 11.1. The van der Waals surface area contributed by atoms with Gasteiger partial charge in [-0.1, -0.05) is 0 Å². The Labute approximate surface area is 89.7 Å². The molecule has 0 spiro atoms. The number of carboxylic acid groups (broad SMARTS) is 1. The first-order valence-electron chi connectivity index (χ1n) is 4.60. The first kappa shape index (κ1) is 8.84. The number of carboxylic acids is 1. The summed E-state index contributed by atoms with van der Waals surface area (Å²) in [5, 5.41) is 16.7. The Morgan fingerprint density at radius 1 is 1.44 bits per heavy atom. The Kier molecular flexibility index (Phi) is 1.67. The highest BCUT2D eigenvalue weighted by Crippen LogP contribution is 2.18. The average Bonchev–Trinajstić information content (AvgIpc) is 2.83. The van der Waals surface area contributed by atoms with E-state index in [0.29, 0.717) is 12.4 Å². The lowest BCUT2D eigenvalue weighted by molar-refractivity contribution is -0.130. The predicted molar refractivity (Wildman–Crippen MR) is 53.2 cm³/mol. The molecule has 0 amide bonds. The van der Waals surface area contributed by atoms with Crippen molar-refractivity contribution in [3.8, 4) is 0 Å². The number of carbonyl (C=O) groups is 1. The summed E-state index contributed by atoms with van der Waals surface area (Å²) in [5.74, 6) is -0.489. The molecule has 0 radical (unpaired) electrons. The Balaban J connectivity index is 2.27. The van der Waals surface area contributed by atoms with Gasteiger partial charge in [-0.25, -0.2) is 9.78 Å². The zero-order valence-corrected chi connectivity index (χ0v) is 8.11. The van der Waals surface area contributed by atoms with Crippen molar-refractivity contribution in [3.05, 3.63) is 30.4 Å². The van der Waals surface area contributed by atoms with Crippen molar-refractivity contribution < 1.29 is 9.90 Å². The van der Waals surface area contributed by atoms with E-state index in [4.69, 9.17) is 5.11 Å². The molecular weight excluding hydrogens is 210 g/mol. The van der Waals surface area contributed by atoms with Gasteiger partial charge in [0.1, 0.15) is 12.0 Å². The zero-order valence-electron chi connectivity index (χ0n) is 8.11. The molecule has 16 heavy (non-hydrogen) atoms. The molecule has 2 aromatic rings. The smallest absolute Gasteiger partial charge is 0.353 e. The number of aromatic nitrogens is 5. The molecule has 0 saturated heterocycles. The normalized spacial score (nSPS) is 13.6. The van der Waals surface area contributed by atoms with Gasteiger partial charge in [0.2, 0.25) is 0 Å². The minimum absolute atomic E-state index is 0.124. The topological polar surface area (TPSA) is 85.8 Å². The number of aliphatic carboxylic acids is 1. The summed E-state index contributed by atoms with van der Waals surface area (Å²) >= 11 is 0. The van der Waals surface area contributed by atoms with E-state index in [-0.39, 0.29) is 5.70 Å². The van der Waals surface area contributed by atoms with Crippen molar-refractivity contribution in [3.63, 3.8) is 0 Å². The number of nitrogens with zero attached hydrogens (tertiary/aromatic N) is 5. The van der Waals surface area contributed by atoms with E-state index in [0.717, 1.165) is 5.69 Å². The number of fused-ring (bicyclic) bond motifs is 2. The standard InChI is InChI=1S/C9H7N5O2/c15-9(16)7-1-8-12-11-5-13(8)3-6-2-10-4-14(6)7/h1-2,4-5H,3H2,(H,15,16). The van der Waals surface area contributed by atoms with E-state index >= 15 is 0 Å². The molecule has 0 aromatic carbocycles. The van der Waals surface area contributed by atoms with Crippen LogP contribution in [-0.2, 0) is 11.3 Å². The quantitative estimate of drug-likeness (QED) is 0.722. The Hall–Kier alpha value is -2.44. The molecule has 80 valence electrons. The van der Waals surface area contributed by atoms with Crippen molar-refractivity contribution in [2.24, 2.45) is 0 Å². The second kappa shape index (κ2) is 3.02. The molecule has 0 bridgehead atoms. The van der Waals surface area contributed by atoms with Gasteiger partial charge in [0.25, 0.3) is 0 Å². The summed E-state index contributed by atoms with van der Waals surface area (Å²) in [6.07, 6.45) is 6.16. The number of hydrogen-bond donors (Lipinski definition) is 1. The van der Waals surface area contributed by atoms with Crippen molar-refractivity contribution in [1.82, 2.24) is 24.3 Å². The Morgan fingerprint density at radius 3 is 3.12 bits per heavy atom. The van der Waals surface area contributed by atoms with Gasteiger partial charge in [0.05, 0.1) is 24.8 Å². The molecule has 0 atom stereocenters. The van der Waals surface area contributed by atoms with Crippen LogP contribution in [0.3, 0.4) is 0 Å². The predicted octanol–water partition coefficient (Wildman–Crippen LogP) is -0.0810. The minimum atomic E-state index is -1.02. The molecule has 7 heteroatoms. The summed E-state index contributed by atoms with van der Waals surface area (Å²) in [5.41, 5.74) is 0.909. The lowest BCUT2D eigenvalue weighted by atomic mass is 10.3. The molecule has 1 aliphatic heterocycles. The number of hydrogen-bond acceptors (Lipinski definition) is 4. The lowest BCUT2D eigenvalue weighted by Crippen LogP contribution is -2.08. The van der Waals surface area contributed by atoms with Crippen LogP contribution in [0, 0.1) is 0 Å². The molecule has 0 aliphatic carbocycles. The van der Waals surface area contributed by atoms with E-state index in [1.54, 1.807) is 17.1 Å². The van der Waals surface area contributed by atoms with E-state index in [1.165, 1.54) is 17.0 Å². The van der Waals surface area contributed by atoms with Gasteiger partial charge < -0.3 is 9.67 Å². The van der Waals surface area contributed by atoms with Gasteiger partial charge in [-0.05, 0) is 0 Å². The average molecular weight is 217 g/mol. The van der Waals surface area contributed by atoms with Crippen molar-refractivity contribution >= 4 is 17.7 Å². The second-order valence-corrected chi connectivity index (χ2v) is 3.41. The van der Waals surface area contributed by atoms with Gasteiger partial charge in [0.15, 0.2) is 5.82 Å². The van der Waals surface area contributed by atoms with Crippen LogP contribution in [0.2, 0.25) is 0 Å². The van der Waals surface area contributed by atoms with Gasteiger partial charge in [0, 0.05) is 6.08 Å². The third-order valence-corrected chi connectivity index (χ3v) is 2.44. The number of rotatable bonds is 1.